The molecule has 4 aromatic rings. The first kappa shape index (κ1) is 22.1. The Bertz CT molecular complexity index is 1330. The molecule has 12 heteroatoms. The number of anilines is 3. The lowest BCUT2D eigenvalue weighted by Crippen LogP contribution is -2.11. The van der Waals surface area contributed by atoms with Crippen LogP contribution in [0.25, 0.3) is 16.9 Å². The van der Waals surface area contributed by atoms with Gasteiger partial charge in [0.15, 0.2) is 0 Å². The summed E-state index contributed by atoms with van der Waals surface area (Å²) in [4.78, 5) is 8.78. The number of para-hydroxylation sites is 2. The Morgan fingerprint density at radius 2 is 1.84 bits per heavy atom. The van der Waals surface area contributed by atoms with Crippen LogP contribution in [0.5, 0.6) is 0 Å². The van der Waals surface area contributed by atoms with E-state index >= 15 is 0 Å². The Hall–Kier alpha value is -3.13. The fourth-order valence-electron chi connectivity index (χ4n) is 3.24. The second-order valence-corrected chi connectivity index (χ2v) is 8.00. The van der Waals surface area contributed by atoms with Crippen LogP contribution in [0.3, 0.4) is 0 Å². The van der Waals surface area contributed by atoms with E-state index in [2.05, 4.69) is 15.3 Å². The topological polar surface area (TPSA) is 83.3 Å². The molecule has 32 heavy (non-hydrogen) atoms. The smallest absolute Gasteiger partial charge is 0.338 e. The lowest BCUT2D eigenvalue weighted by atomic mass is 10.1. The number of aromatic nitrogens is 3. The van der Waals surface area contributed by atoms with Crippen molar-refractivity contribution < 1.29 is 25.8 Å². The van der Waals surface area contributed by atoms with Crippen LogP contribution < -0.4 is 8.59 Å². The molecule has 0 bridgehead atoms. The Kier molecular flexibility index (Phi) is 5.81. The lowest BCUT2D eigenvalue weighted by Gasteiger charge is -2.17. The van der Waals surface area contributed by atoms with Gasteiger partial charge in [0.1, 0.15) is 29.0 Å². The second-order valence-electron chi connectivity index (χ2n) is 6.70. The van der Waals surface area contributed by atoms with Gasteiger partial charge in [-0.15, -0.1) is 0 Å². The van der Waals surface area contributed by atoms with E-state index in [1.54, 1.807) is 29.7 Å². The largest absolute Gasteiger partial charge is 0.416 e. The zero-order chi connectivity index (χ0) is 23.0. The average Bonchev–Trinajstić information content (AvgIpc) is 3.08. The molecule has 166 valence electrons. The number of hydrogen-bond acceptors (Lipinski definition) is 5. The Balaban J connectivity index is 1.79. The molecule has 0 radical (unpaired) electrons. The first-order valence-electron chi connectivity index (χ1n) is 9.04. The van der Waals surface area contributed by atoms with E-state index in [4.69, 9.17) is 0 Å². The number of rotatable bonds is 5. The van der Waals surface area contributed by atoms with Gasteiger partial charge >= 0.3 is 6.18 Å². The van der Waals surface area contributed by atoms with E-state index in [9.17, 15) is 25.8 Å². The highest BCUT2D eigenvalue weighted by molar-refractivity contribution is 14.1. The third kappa shape index (κ3) is 4.27. The van der Waals surface area contributed by atoms with Crippen LogP contribution in [-0.4, -0.2) is 19.7 Å². The zero-order valence-electron chi connectivity index (χ0n) is 16.2. The fourth-order valence-corrected chi connectivity index (χ4v) is 3.85. The number of hydrogen-bond donors (Lipinski definition) is 2. The van der Waals surface area contributed by atoms with Crippen LogP contribution in [0.1, 0.15) is 11.4 Å². The normalized spacial score (nSPS) is 11.7. The minimum absolute atomic E-state index is 0.0318. The van der Waals surface area contributed by atoms with Crippen LogP contribution in [-0.2, 0) is 9.25 Å². The van der Waals surface area contributed by atoms with E-state index in [0.717, 1.165) is 18.2 Å². The van der Waals surface area contributed by atoms with Crippen molar-refractivity contribution in [3.05, 3.63) is 71.8 Å². The number of nitrogens with one attached hydrogen (secondary N) is 1. The van der Waals surface area contributed by atoms with Crippen LogP contribution >= 0.6 is 21.5 Å². The number of benzene rings is 2. The van der Waals surface area contributed by atoms with Crippen molar-refractivity contribution in [2.45, 2.75) is 13.1 Å². The monoisotopic (exact) mass is 559 g/mol. The third-order valence-corrected chi connectivity index (χ3v) is 5.48. The summed E-state index contributed by atoms with van der Waals surface area (Å²) >= 11 is -2.22. The third-order valence-electron chi connectivity index (χ3n) is 4.59. The second kappa shape index (κ2) is 8.43. The minimum Gasteiger partial charge on any atom is -0.338 e. The van der Waals surface area contributed by atoms with Crippen molar-refractivity contribution in [3.8, 4) is 5.82 Å². The van der Waals surface area contributed by atoms with E-state index in [-0.39, 0.29) is 26.3 Å². The molecule has 0 amide bonds. The predicted octanol–water partition coefficient (Wildman–Crippen LogP) is 6.06. The molecular weight excluding hydrogens is 545 g/mol. The van der Waals surface area contributed by atoms with Gasteiger partial charge in [0.05, 0.1) is 22.3 Å². The molecule has 0 aliphatic heterocycles. The van der Waals surface area contributed by atoms with E-state index in [1.807, 2.05) is 6.07 Å². The predicted molar refractivity (Wildman–Crippen MR) is 117 cm³/mol. The van der Waals surface area contributed by atoms with Crippen molar-refractivity contribution in [1.29, 1.82) is 0 Å². The maximum Gasteiger partial charge on any atom is 0.416 e. The van der Waals surface area contributed by atoms with Crippen molar-refractivity contribution >= 4 is 49.7 Å². The summed E-state index contributed by atoms with van der Waals surface area (Å²) in [5.74, 6) is 0.0725. The zero-order valence-corrected chi connectivity index (χ0v) is 18.4. The van der Waals surface area contributed by atoms with E-state index in [1.165, 1.54) is 6.07 Å². The van der Waals surface area contributed by atoms with Crippen LogP contribution in [0.15, 0.2) is 54.6 Å². The summed E-state index contributed by atoms with van der Waals surface area (Å²) < 4.78 is 66.7. The standard InChI is InChI=1S/C20H14F4IN5O2/c1-11-26-14-4-2-3-5-16(14)29(11)19-10-13(21)9-18(28-19)27-15-7-6-12(20(22,23)24)8-17(15)30(32)25-31/h2-10,32H,1H3,(H,27,28). The van der Waals surface area contributed by atoms with Crippen molar-refractivity contribution in [2.75, 3.05) is 8.59 Å². The van der Waals surface area contributed by atoms with Crippen LogP contribution in [0, 0.1) is 12.7 Å². The maximum atomic E-state index is 14.4. The SMILES string of the molecule is Cc1nc2ccccc2n1-c1cc(F)cc(Nc2ccc(C(F)(F)F)cc2N(O)I=O)n1. The number of fused-ring (bicyclic) bond motifs is 1. The van der Waals surface area contributed by atoms with Gasteiger partial charge in [0, 0.05) is 12.1 Å². The number of halogens is 5. The lowest BCUT2D eigenvalue weighted by molar-refractivity contribution is -0.137. The molecule has 0 saturated heterocycles. The van der Waals surface area contributed by atoms with Gasteiger partial charge in [-0.3, -0.25) is 9.77 Å². The molecule has 0 aliphatic rings. The summed E-state index contributed by atoms with van der Waals surface area (Å²) in [6.45, 7) is 1.73. The molecule has 7 nitrogen and oxygen atoms in total. The number of imidazole rings is 1. The molecule has 0 spiro atoms. The Morgan fingerprint density at radius 1 is 1.09 bits per heavy atom. The highest BCUT2D eigenvalue weighted by Gasteiger charge is 2.32. The fraction of sp³-hybridized carbons (Fsp3) is 0.100. The van der Waals surface area contributed by atoms with Gasteiger partial charge in [-0.1, -0.05) is 12.1 Å². The summed E-state index contributed by atoms with van der Waals surface area (Å²) in [5.41, 5.74) is -0.0671. The Morgan fingerprint density at radius 3 is 2.56 bits per heavy atom. The summed E-state index contributed by atoms with van der Waals surface area (Å²) in [5, 5.41) is 12.5. The first-order chi connectivity index (χ1) is 15.2. The van der Waals surface area contributed by atoms with E-state index < -0.39 is 39.0 Å². The first-order valence-corrected chi connectivity index (χ1v) is 10.9. The number of nitrogens with zero attached hydrogens (tertiary/aromatic N) is 4. The van der Waals surface area contributed by atoms with Gasteiger partial charge in [0.2, 0.25) is 0 Å². The van der Waals surface area contributed by atoms with Crippen molar-refractivity contribution in [2.24, 2.45) is 0 Å². The van der Waals surface area contributed by atoms with E-state index in [0.29, 0.717) is 22.9 Å². The summed E-state index contributed by atoms with van der Waals surface area (Å²) in [6, 6.07) is 11.9. The molecule has 2 N–H and O–H groups in total. The molecule has 0 aliphatic carbocycles. The molecule has 2 aromatic carbocycles. The number of alkyl halides is 3. The minimum atomic E-state index is -4.67. The van der Waals surface area contributed by atoms with Gasteiger partial charge in [-0.2, -0.15) is 16.4 Å². The molecule has 4 rings (SSSR count). The van der Waals surface area contributed by atoms with Gasteiger partial charge in [-0.25, -0.2) is 17.4 Å². The van der Waals surface area contributed by atoms with Crippen LogP contribution in [0.4, 0.5) is 34.8 Å². The summed E-state index contributed by atoms with van der Waals surface area (Å²) in [7, 11) is 0. The van der Waals surface area contributed by atoms with Crippen molar-refractivity contribution in [1.82, 2.24) is 14.5 Å². The highest BCUT2D eigenvalue weighted by atomic mass is 127. The summed E-state index contributed by atoms with van der Waals surface area (Å²) in [6.07, 6.45) is -4.67. The molecule has 0 fully saturated rings. The maximum absolute atomic E-state index is 14.4. The van der Waals surface area contributed by atoms with Gasteiger partial charge < -0.3 is 5.32 Å². The van der Waals surface area contributed by atoms with Gasteiger partial charge in [0.25, 0.3) is 21.5 Å². The number of aryl methyl sites for hydroxylation is 1. The Labute approximate surface area is 189 Å². The van der Waals surface area contributed by atoms with Gasteiger partial charge in [-0.05, 0) is 37.3 Å². The quantitative estimate of drug-likeness (QED) is 0.134. The molecule has 0 saturated carbocycles. The highest BCUT2D eigenvalue weighted by Crippen LogP contribution is 2.38. The average molecular weight is 559 g/mol. The van der Waals surface area contributed by atoms with Crippen molar-refractivity contribution in [3.63, 3.8) is 0 Å². The number of pyridine rings is 1. The molecule has 2 aromatic heterocycles. The molecular formula is C20H14F4IN5O2. The molecule has 0 unspecified atom stereocenters. The van der Waals surface area contributed by atoms with Crippen LogP contribution in [0.2, 0.25) is 0 Å². The molecule has 0 atom stereocenters. The molecule has 2 heterocycles.